The number of carbonyl (C=O) groups excluding carboxylic acids is 6. The molecule has 1 saturated heterocycles. The second-order valence-corrected chi connectivity index (χ2v) is 14.5. The van der Waals surface area contributed by atoms with Gasteiger partial charge in [-0.3, -0.25) is 14.4 Å². The molecule has 0 bridgehead atoms. The summed E-state index contributed by atoms with van der Waals surface area (Å²) < 4.78 is 17.6. The lowest BCUT2D eigenvalue weighted by molar-refractivity contribution is -0.182. The van der Waals surface area contributed by atoms with Gasteiger partial charge in [-0.05, 0) is 35.5 Å². The van der Waals surface area contributed by atoms with E-state index in [2.05, 4.69) is 0 Å². The molecule has 0 radical (unpaired) electrons. The SMILES string of the molecule is CCC(C)C1C(=O)OC(C(C)C)C(=O)N(C)C(C(C)CC)C(=O)OC(C(C)C)C(=O)N(C)C(C(C)C)C(=O)OC(C(C)C)C(=O)N1C. The zero-order valence-electron chi connectivity index (χ0n) is 31.4. The first kappa shape index (κ1) is 41.8. The van der Waals surface area contributed by atoms with E-state index >= 15 is 0 Å². The Morgan fingerprint density at radius 3 is 0.894 bits per heavy atom. The smallest absolute Gasteiger partial charge is 0.329 e. The van der Waals surface area contributed by atoms with E-state index in [1.165, 1.54) is 35.8 Å². The van der Waals surface area contributed by atoms with Crippen molar-refractivity contribution in [2.24, 2.45) is 35.5 Å². The third kappa shape index (κ3) is 9.92. The van der Waals surface area contributed by atoms with Gasteiger partial charge >= 0.3 is 17.9 Å². The van der Waals surface area contributed by atoms with Crippen LogP contribution in [0.25, 0.3) is 0 Å². The fraction of sp³-hybridized carbons (Fsp3) is 0.829. The molecule has 0 aromatic carbocycles. The average Bonchev–Trinajstić information content (AvgIpc) is 2.98. The number of hydrogen-bond acceptors (Lipinski definition) is 9. The van der Waals surface area contributed by atoms with Crippen molar-refractivity contribution < 1.29 is 43.0 Å². The molecule has 0 N–H and O–H groups in total. The Hall–Kier alpha value is -3.18. The topological polar surface area (TPSA) is 140 Å². The molecule has 47 heavy (non-hydrogen) atoms. The molecule has 0 aromatic heterocycles. The van der Waals surface area contributed by atoms with E-state index in [0.29, 0.717) is 12.8 Å². The third-order valence-electron chi connectivity index (χ3n) is 9.29. The zero-order chi connectivity index (χ0) is 36.7. The number of nitrogens with zero attached hydrogens (tertiary/aromatic N) is 3. The molecule has 1 rings (SSSR count). The van der Waals surface area contributed by atoms with Crippen LogP contribution < -0.4 is 0 Å². The van der Waals surface area contributed by atoms with E-state index in [9.17, 15) is 28.8 Å². The van der Waals surface area contributed by atoms with Crippen molar-refractivity contribution in [1.29, 1.82) is 0 Å². The lowest BCUT2D eigenvalue weighted by atomic mass is 9.94. The van der Waals surface area contributed by atoms with E-state index in [1.54, 1.807) is 69.2 Å². The minimum atomic E-state index is -1.28. The zero-order valence-corrected chi connectivity index (χ0v) is 31.4. The summed E-state index contributed by atoms with van der Waals surface area (Å²) in [6.07, 6.45) is -2.82. The molecule has 3 amide bonds. The van der Waals surface area contributed by atoms with Crippen LogP contribution in [0.3, 0.4) is 0 Å². The van der Waals surface area contributed by atoms with Gasteiger partial charge < -0.3 is 28.9 Å². The van der Waals surface area contributed by atoms with Gasteiger partial charge in [0.25, 0.3) is 17.7 Å². The van der Waals surface area contributed by atoms with Crippen molar-refractivity contribution in [3.05, 3.63) is 0 Å². The highest BCUT2D eigenvalue weighted by Gasteiger charge is 2.45. The highest BCUT2D eigenvalue weighted by Crippen LogP contribution is 2.26. The molecule has 1 heterocycles. The maximum atomic E-state index is 14.0. The molecule has 0 spiro atoms. The van der Waals surface area contributed by atoms with Crippen molar-refractivity contribution in [2.75, 3.05) is 21.1 Å². The maximum absolute atomic E-state index is 14.0. The highest BCUT2D eigenvalue weighted by molar-refractivity contribution is 5.94. The first-order valence-electron chi connectivity index (χ1n) is 17.1. The van der Waals surface area contributed by atoms with Crippen LogP contribution in [0.15, 0.2) is 0 Å². The Morgan fingerprint density at radius 2 is 0.681 bits per heavy atom. The van der Waals surface area contributed by atoms with Gasteiger partial charge in [0.05, 0.1) is 0 Å². The molecule has 1 aliphatic heterocycles. The molecule has 0 saturated carbocycles. The second-order valence-electron chi connectivity index (χ2n) is 14.5. The fourth-order valence-corrected chi connectivity index (χ4v) is 5.88. The minimum Gasteiger partial charge on any atom is -0.450 e. The van der Waals surface area contributed by atoms with Gasteiger partial charge in [0.2, 0.25) is 0 Å². The van der Waals surface area contributed by atoms with Crippen LogP contribution in [0.1, 0.15) is 95.9 Å². The summed E-state index contributed by atoms with van der Waals surface area (Å²) in [5.41, 5.74) is 0. The summed E-state index contributed by atoms with van der Waals surface area (Å²) >= 11 is 0. The van der Waals surface area contributed by atoms with Gasteiger partial charge in [-0.2, -0.15) is 0 Å². The van der Waals surface area contributed by atoms with E-state index in [0.717, 1.165) is 0 Å². The Kier molecular flexibility index (Phi) is 15.9. The van der Waals surface area contributed by atoms with Gasteiger partial charge in [0.15, 0.2) is 18.3 Å². The largest absolute Gasteiger partial charge is 0.450 e. The number of amides is 3. The Labute approximate surface area is 282 Å². The first-order valence-corrected chi connectivity index (χ1v) is 17.1. The van der Waals surface area contributed by atoms with Gasteiger partial charge in [0, 0.05) is 21.1 Å². The number of cyclic esters (lactones) is 3. The molecule has 1 aliphatic rings. The summed E-state index contributed by atoms with van der Waals surface area (Å²) in [5.74, 6) is -6.82. The van der Waals surface area contributed by atoms with Crippen LogP contribution in [0.5, 0.6) is 0 Å². The standard InChI is InChI=1S/C35H61N3O9/c1-16-22(11)25-34(43)46-27(19(5)6)30(39)36(13)24(18(3)4)33(42)45-28(20(7)8)31(40)37(14)26(23(12)17-2)35(44)47-29(21(9)10)32(41)38(25)15/h18-29H,16-17H2,1-15H3. The summed E-state index contributed by atoms with van der Waals surface area (Å²) in [5, 5.41) is 0. The van der Waals surface area contributed by atoms with Crippen LogP contribution in [-0.4, -0.2) is 108 Å². The Morgan fingerprint density at radius 1 is 0.447 bits per heavy atom. The number of esters is 3. The molecule has 270 valence electrons. The predicted octanol–water partition coefficient (Wildman–Crippen LogP) is 3.93. The van der Waals surface area contributed by atoms with Crippen LogP contribution in [-0.2, 0) is 43.0 Å². The molecule has 12 heteroatoms. The van der Waals surface area contributed by atoms with E-state index < -0.39 is 95.7 Å². The third-order valence-corrected chi connectivity index (χ3v) is 9.29. The van der Waals surface area contributed by atoms with Crippen molar-refractivity contribution in [3.8, 4) is 0 Å². The van der Waals surface area contributed by atoms with E-state index in [4.69, 9.17) is 14.2 Å². The van der Waals surface area contributed by atoms with Gasteiger partial charge in [-0.15, -0.1) is 0 Å². The van der Waals surface area contributed by atoms with E-state index in [1.807, 2.05) is 13.8 Å². The molecule has 0 aromatic rings. The fourth-order valence-electron chi connectivity index (χ4n) is 5.88. The van der Waals surface area contributed by atoms with Crippen molar-refractivity contribution in [1.82, 2.24) is 14.7 Å². The van der Waals surface area contributed by atoms with Gasteiger partial charge in [0.1, 0.15) is 18.1 Å². The summed E-state index contributed by atoms with van der Waals surface area (Å²) in [4.78, 5) is 87.3. The lowest BCUT2D eigenvalue weighted by Gasteiger charge is -2.39. The molecular weight excluding hydrogens is 606 g/mol. The normalized spacial score (nSPS) is 28.0. The molecule has 0 aliphatic carbocycles. The Bertz CT molecular complexity index is 1110. The van der Waals surface area contributed by atoms with Crippen molar-refractivity contribution >= 4 is 35.6 Å². The monoisotopic (exact) mass is 667 g/mol. The molecular formula is C35H61N3O9. The summed E-state index contributed by atoms with van der Waals surface area (Å²) in [7, 11) is 4.36. The summed E-state index contributed by atoms with van der Waals surface area (Å²) in [6.45, 7) is 21.1. The lowest BCUT2D eigenvalue weighted by Crippen LogP contribution is -2.58. The number of ether oxygens (including phenoxy) is 3. The van der Waals surface area contributed by atoms with Crippen LogP contribution in [0.4, 0.5) is 0 Å². The van der Waals surface area contributed by atoms with Crippen LogP contribution >= 0.6 is 0 Å². The Balaban J connectivity index is 4.00. The van der Waals surface area contributed by atoms with E-state index in [-0.39, 0.29) is 11.8 Å². The van der Waals surface area contributed by atoms with Gasteiger partial charge in [-0.1, -0.05) is 95.9 Å². The van der Waals surface area contributed by atoms with Crippen molar-refractivity contribution in [2.45, 2.75) is 132 Å². The van der Waals surface area contributed by atoms with Crippen molar-refractivity contribution in [3.63, 3.8) is 0 Å². The molecule has 12 nitrogen and oxygen atoms in total. The molecule has 8 atom stereocenters. The second kappa shape index (κ2) is 17.8. The average molecular weight is 668 g/mol. The predicted molar refractivity (Wildman–Crippen MR) is 178 cm³/mol. The maximum Gasteiger partial charge on any atom is 0.329 e. The minimum absolute atomic E-state index is 0.380. The van der Waals surface area contributed by atoms with Crippen LogP contribution in [0, 0.1) is 35.5 Å². The first-order chi connectivity index (χ1) is 21.6. The molecule has 8 unspecified atom stereocenters. The quantitative estimate of drug-likeness (QED) is 0.278. The van der Waals surface area contributed by atoms with Crippen LogP contribution in [0.2, 0.25) is 0 Å². The number of hydrogen-bond donors (Lipinski definition) is 0. The summed E-state index contributed by atoms with van der Waals surface area (Å²) in [6, 6.07) is -3.31. The number of carbonyl (C=O) groups is 6. The number of rotatable bonds is 8. The number of likely N-dealkylation sites (N-methyl/N-ethyl adjacent to an activating group) is 3. The molecule has 1 fully saturated rings. The van der Waals surface area contributed by atoms with Gasteiger partial charge in [-0.25, -0.2) is 14.4 Å². The highest BCUT2D eigenvalue weighted by atomic mass is 16.6.